The Bertz CT molecular complexity index is 5690. The third kappa shape index (κ3) is 9.15. The predicted molar refractivity (Wildman–Crippen MR) is 402 cm³/mol. The van der Waals surface area contributed by atoms with Crippen molar-refractivity contribution in [1.82, 2.24) is 0 Å². The molecule has 0 aliphatic carbocycles. The molecule has 0 aliphatic rings. The Morgan fingerprint density at radius 2 is 0.585 bits per heavy atom. The average Bonchev–Trinajstić information content (AvgIpc) is 1.34. The minimum absolute atomic E-state index is 0.880. The van der Waals surface area contributed by atoms with E-state index in [2.05, 4.69) is 317 Å². The van der Waals surface area contributed by atoms with Gasteiger partial charge in [-0.1, -0.05) is 194 Å². The molecule has 446 valence electrons. The standard InChI is InChI=1S/C88H60N2O2S2/c1-53-17-13-23-69(73-27-15-25-71-65-19-5-9-29-79(65)91-87(71)73)85(53)89(63-41-33-57(34-42-63)61-39-47-83-75(51-61)67-21-7-11-31-81(67)93-83)77-45-37-59(49-55(77)3)60-38-46-78(56(4)50-60)90(64-43-35-58(36-44-64)62-40-48-84-76(52-62)68-22-8-12-32-82(68)94-84)86-54(2)18-14-24-70(86)74-28-16-26-72-66-20-6-10-30-80(66)92-88(72)74/h5-52H,1-4H3. The van der Waals surface area contributed by atoms with Gasteiger partial charge in [-0.15, -0.1) is 22.7 Å². The molecule has 14 aromatic carbocycles. The Labute approximate surface area is 552 Å². The second-order valence-corrected chi connectivity index (χ2v) is 27.1. The SMILES string of the molecule is Cc1cc(-c2ccc(N(c3ccc(-c4ccc5sc6ccccc6c5c4)cc3)c3c(C)cccc3-c3cccc4c3oc3ccccc34)c(C)c2)ccc1N(c1ccc(-c2ccc3sc4ccccc4c3c2)cc1)c1c(C)cccc1-c1cccc2c1oc1ccccc12. The summed E-state index contributed by atoms with van der Waals surface area (Å²) in [6.45, 7) is 8.98. The van der Waals surface area contributed by atoms with E-state index in [9.17, 15) is 0 Å². The highest BCUT2D eigenvalue weighted by Gasteiger charge is 2.27. The summed E-state index contributed by atoms with van der Waals surface area (Å²) in [4.78, 5) is 4.94. The van der Waals surface area contributed by atoms with Crippen molar-refractivity contribution in [3.05, 3.63) is 313 Å². The molecule has 0 aliphatic heterocycles. The Balaban J connectivity index is 0.760. The molecule has 0 saturated carbocycles. The van der Waals surface area contributed by atoms with Crippen LogP contribution in [0.4, 0.5) is 34.1 Å². The van der Waals surface area contributed by atoms with Crippen LogP contribution in [0.5, 0.6) is 0 Å². The van der Waals surface area contributed by atoms with Crippen LogP contribution in [0.25, 0.3) is 140 Å². The van der Waals surface area contributed by atoms with E-state index in [-0.39, 0.29) is 0 Å². The van der Waals surface area contributed by atoms with Crippen LogP contribution in [0.2, 0.25) is 0 Å². The molecule has 0 N–H and O–H groups in total. The zero-order valence-corrected chi connectivity index (χ0v) is 53.9. The summed E-state index contributed by atoms with van der Waals surface area (Å²) in [5.41, 5.74) is 25.9. The van der Waals surface area contributed by atoms with Gasteiger partial charge in [0.15, 0.2) is 0 Å². The highest BCUT2D eigenvalue weighted by molar-refractivity contribution is 7.26. The fourth-order valence-electron chi connectivity index (χ4n) is 14.6. The van der Waals surface area contributed by atoms with Crippen LogP contribution >= 0.6 is 22.7 Å². The van der Waals surface area contributed by atoms with E-state index in [1.165, 1.54) is 62.6 Å². The van der Waals surface area contributed by atoms with Gasteiger partial charge in [-0.05, 0) is 180 Å². The van der Waals surface area contributed by atoms with E-state index in [1.807, 2.05) is 34.8 Å². The topological polar surface area (TPSA) is 32.8 Å². The lowest BCUT2D eigenvalue weighted by Crippen LogP contribution is -2.14. The Morgan fingerprint density at radius 1 is 0.245 bits per heavy atom. The number of aryl methyl sites for hydroxylation is 4. The molecule has 0 atom stereocenters. The van der Waals surface area contributed by atoms with Crippen LogP contribution in [0.3, 0.4) is 0 Å². The molecule has 4 aromatic heterocycles. The highest BCUT2D eigenvalue weighted by atomic mass is 32.1. The van der Waals surface area contributed by atoms with Crippen molar-refractivity contribution >= 4 is 141 Å². The van der Waals surface area contributed by atoms with Crippen molar-refractivity contribution in [3.8, 4) is 55.6 Å². The van der Waals surface area contributed by atoms with E-state index in [0.717, 1.165) is 134 Å². The molecule has 0 unspecified atom stereocenters. The molecule has 0 saturated heterocycles. The maximum atomic E-state index is 6.79. The van der Waals surface area contributed by atoms with E-state index >= 15 is 0 Å². The number of hydrogen-bond donors (Lipinski definition) is 0. The van der Waals surface area contributed by atoms with Crippen molar-refractivity contribution in [1.29, 1.82) is 0 Å². The first-order valence-corrected chi connectivity index (χ1v) is 33.7. The Kier molecular flexibility index (Phi) is 13.1. The molecule has 0 radical (unpaired) electrons. The van der Waals surface area contributed by atoms with Crippen molar-refractivity contribution in [2.75, 3.05) is 9.80 Å². The van der Waals surface area contributed by atoms with Gasteiger partial charge in [-0.3, -0.25) is 0 Å². The second kappa shape index (κ2) is 22.2. The van der Waals surface area contributed by atoms with Crippen molar-refractivity contribution < 1.29 is 8.83 Å². The van der Waals surface area contributed by atoms with Crippen molar-refractivity contribution in [2.24, 2.45) is 0 Å². The summed E-state index contributed by atoms with van der Waals surface area (Å²) in [6, 6.07) is 107. The summed E-state index contributed by atoms with van der Waals surface area (Å²) >= 11 is 3.71. The highest BCUT2D eigenvalue weighted by Crippen LogP contribution is 2.51. The molecule has 94 heavy (non-hydrogen) atoms. The summed E-state index contributed by atoms with van der Waals surface area (Å²) in [7, 11) is 0. The molecule has 18 rings (SSSR count). The van der Waals surface area contributed by atoms with E-state index < -0.39 is 0 Å². The largest absolute Gasteiger partial charge is 0.455 e. The molecule has 0 spiro atoms. The van der Waals surface area contributed by atoms with Gasteiger partial charge in [0.25, 0.3) is 0 Å². The molecule has 6 heteroatoms. The maximum Gasteiger partial charge on any atom is 0.143 e. The summed E-state index contributed by atoms with van der Waals surface area (Å²) in [5, 5.41) is 9.62. The molecule has 18 aromatic rings. The van der Waals surface area contributed by atoms with Crippen molar-refractivity contribution in [3.63, 3.8) is 0 Å². The third-order valence-corrected chi connectivity index (χ3v) is 21.5. The predicted octanol–water partition coefficient (Wildman–Crippen LogP) is 26.7. The van der Waals surface area contributed by atoms with Gasteiger partial charge < -0.3 is 18.6 Å². The zero-order chi connectivity index (χ0) is 62.7. The van der Waals surface area contributed by atoms with Gasteiger partial charge >= 0.3 is 0 Å². The molecular weight excluding hydrogens is 1180 g/mol. The van der Waals surface area contributed by atoms with E-state index in [4.69, 9.17) is 8.83 Å². The normalized spacial score (nSPS) is 11.8. The number of anilines is 6. The number of thiophene rings is 2. The van der Waals surface area contributed by atoms with Crippen LogP contribution in [0.1, 0.15) is 22.3 Å². The summed E-state index contributed by atoms with van der Waals surface area (Å²) < 4.78 is 18.8. The van der Waals surface area contributed by atoms with Gasteiger partial charge in [0.05, 0.1) is 11.4 Å². The fraction of sp³-hybridized carbons (Fsp3) is 0.0455. The number of furan rings is 2. The van der Waals surface area contributed by atoms with Gasteiger partial charge in [0.2, 0.25) is 0 Å². The van der Waals surface area contributed by atoms with Crippen molar-refractivity contribution in [2.45, 2.75) is 27.7 Å². The molecule has 0 fully saturated rings. The third-order valence-electron chi connectivity index (χ3n) is 19.2. The number of nitrogens with zero attached hydrogens (tertiary/aromatic N) is 2. The molecule has 0 bridgehead atoms. The van der Waals surface area contributed by atoms with Gasteiger partial charge in [-0.2, -0.15) is 0 Å². The minimum atomic E-state index is 0.880. The second-order valence-electron chi connectivity index (χ2n) is 24.9. The summed E-state index contributed by atoms with van der Waals surface area (Å²) in [6.07, 6.45) is 0. The first-order chi connectivity index (χ1) is 46.2. The Hall–Kier alpha value is -11.3. The lowest BCUT2D eigenvalue weighted by molar-refractivity contribution is 0.669. The number of rotatable bonds is 11. The lowest BCUT2D eigenvalue weighted by atomic mass is 9.94. The monoisotopic (exact) mass is 1240 g/mol. The fourth-order valence-corrected chi connectivity index (χ4v) is 16.8. The first kappa shape index (κ1) is 55.6. The van der Waals surface area contributed by atoms with Crippen LogP contribution < -0.4 is 9.80 Å². The number of benzene rings is 14. The summed E-state index contributed by atoms with van der Waals surface area (Å²) in [5.74, 6) is 0. The van der Waals surface area contributed by atoms with E-state index in [1.54, 1.807) is 0 Å². The van der Waals surface area contributed by atoms with Gasteiger partial charge in [-0.25, -0.2) is 0 Å². The zero-order valence-electron chi connectivity index (χ0n) is 52.2. The van der Waals surface area contributed by atoms with Crippen LogP contribution in [0.15, 0.2) is 300 Å². The molecule has 4 nitrogen and oxygen atoms in total. The van der Waals surface area contributed by atoms with Gasteiger partial charge in [0.1, 0.15) is 22.3 Å². The van der Waals surface area contributed by atoms with E-state index in [0.29, 0.717) is 0 Å². The number of para-hydroxylation sites is 6. The number of fused-ring (bicyclic) bond motifs is 12. The number of hydrogen-bond acceptors (Lipinski definition) is 6. The average molecular weight is 1240 g/mol. The van der Waals surface area contributed by atoms with Crippen LogP contribution in [-0.4, -0.2) is 0 Å². The quantitative estimate of drug-likeness (QED) is 0.129. The van der Waals surface area contributed by atoms with Crippen LogP contribution in [-0.2, 0) is 0 Å². The minimum Gasteiger partial charge on any atom is -0.455 e. The first-order valence-electron chi connectivity index (χ1n) is 32.1. The lowest BCUT2D eigenvalue weighted by Gasteiger charge is -2.31. The molecular formula is C88H60N2O2S2. The molecule has 4 heterocycles. The smallest absolute Gasteiger partial charge is 0.143 e. The Morgan fingerprint density at radius 3 is 1.02 bits per heavy atom. The van der Waals surface area contributed by atoms with Crippen LogP contribution in [0, 0.1) is 27.7 Å². The van der Waals surface area contributed by atoms with Gasteiger partial charge in [0, 0.05) is 107 Å². The molecule has 0 amide bonds. The maximum absolute atomic E-state index is 6.79.